The number of hydrogen-bond acceptors (Lipinski definition) is 3. The van der Waals surface area contributed by atoms with Crippen molar-refractivity contribution >= 4 is 0 Å². The summed E-state index contributed by atoms with van der Waals surface area (Å²) in [4.78, 5) is 0. The molecule has 0 aromatic heterocycles. The highest BCUT2D eigenvalue weighted by Gasteiger charge is 2.19. The largest absolute Gasteiger partial charge is 0.486 e. The number of benzene rings is 1. The van der Waals surface area contributed by atoms with Gasteiger partial charge < -0.3 is 15.6 Å². The second-order valence-electron chi connectivity index (χ2n) is 4.95. The Balaban J connectivity index is 2.63. The molecule has 3 heteroatoms. The van der Waals surface area contributed by atoms with E-state index in [9.17, 15) is 5.11 Å². The second-order valence-corrected chi connectivity index (χ2v) is 4.95. The van der Waals surface area contributed by atoms with Crippen molar-refractivity contribution in [1.82, 2.24) is 0 Å². The van der Waals surface area contributed by atoms with Crippen LogP contribution in [-0.4, -0.2) is 23.9 Å². The summed E-state index contributed by atoms with van der Waals surface area (Å²) in [5.41, 5.74) is 7.17. The average molecular weight is 237 g/mol. The number of ether oxygens (including phenoxy) is 1. The molecule has 96 valence electrons. The monoisotopic (exact) mass is 237 g/mol. The molecule has 1 rings (SSSR count). The molecular weight excluding hydrogens is 214 g/mol. The molecule has 1 aromatic carbocycles. The Labute approximate surface area is 104 Å². The van der Waals surface area contributed by atoms with Crippen molar-refractivity contribution in [3.8, 4) is 5.75 Å². The predicted octanol–water partition coefficient (Wildman–Crippen LogP) is 2.11. The molecule has 0 radical (unpaired) electrons. The normalized spacial score (nSPS) is 14.7. The lowest BCUT2D eigenvalue weighted by Gasteiger charge is -2.24. The molecule has 1 aromatic rings. The fourth-order valence-corrected chi connectivity index (χ4v) is 1.82. The minimum Gasteiger partial charge on any atom is -0.486 e. The minimum absolute atomic E-state index is 0.0537. The molecule has 0 heterocycles. The molecule has 3 N–H and O–H groups in total. The van der Waals surface area contributed by atoms with Gasteiger partial charge in [0.2, 0.25) is 0 Å². The van der Waals surface area contributed by atoms with Crippen molar-refractivity contribution in [2.24, 2.45) is 11.7 Å². The van der Waals surface area contributed by atoms with Crippen molar-refractivity contribution in [3.05, 3.63) is 29.8 Å². The number of aryl methyl sites for hydroxylation is 1. The number of hydrogen-bond donors (Lipinski definition) is 2. The molecule has 0 aliphatic rings. The van der Waals surface area contributed by atoms with Gasteiger partial charge in [-0.3, -0.25) is 0 Å². The van der Waals surface area contributed by atoms with Crippen molar-refractivity contribution < 1.29 is 9.84 Å². The van der Waals surface area contributed by atoms with E-state index in [0.29, 0.717) is 5.92 Å². The van der Waals surface area contributed by atoms with Gasteiger partial charge in [-0.1, -0.05) is 26.0 Å². The molecule has 0 spiro atoms. The van der Waals surface area contributed by atoms with E-state index in [-0.39, 0.29) is 18.8 Å². The first-order valence-corrected chi connectivity index (χ1v) is 6.12. The smallest absolute Gasteiger partial charge is 0.137 e. The first-order valence-electron chi connectivity index (χ1n) is 6.12. The van der Waals surface area contributed by atoms with Crippen LogP contribution in [0.3, 0.4) is 0 Å². The number of aliphatic hydroxyl groups excluding tert-OH is 1. The lowest BCUT2D eigenvalue weighted by Crippen LogP contribution is -2.42. The Morgan fingerprint density at radius 1 is 1.35 bits per heavy atom. The summed E-state index contributed by atoms with van der Waals surface area (Å²) in [5.74, 6) is 1.27. The number of rotatable bonds is 6. The van der Waals surface area contributed by atoms with Crippen LogP contribution in [0.2, 0.25) is 0 Å². The first-order chi connectivity index (χ1) is 8.02. The van der Waals surface area contributed by atoms with Gasteiger partial charge in [-0.05, 0) is 37.0 Å². The fraction of sp³-hybridized carbons (Fsp3) is 0.571. The summed E-state index contributed by atoms with van der Waals surface area (Å²) in [6.07, 6.45) is 0.510. The SMILES string of the molecule is Cc1cccc(OC(CO)C(N)CC(C)C)c1. The molecule has 2 unspecified atom stereocenters. The van der Waals surface area contributed by atoms with Crippen molar-refractivity contribution in [2.45, 2.75) is 39.3 Å². The van der Waals surface area contributed by atoms with Gasteiger partial charge in [0.05, 0.1) is 6.61 Å². The van der Waals surface area contributed by atoms with Gasteiger partial charge >= 0.3 is 0 Å². The fourth-order valence-electron chi connectivity index (χ4n) is 1.82. The highest BCUT2D eigenvalue weighted by Crippen LogP contribution is 2.17. The van der Waals surface area contributed by atoms with Crippen molar-refractivity contribution in [2.75, 3.05) is 6.61 Å². The van der Waals surface area contributed by atoms with E-state index in [1.54, 1.807) is 0 Å². The average Bonchev–Trinajstić information content (AvgIpc) is 2.24. The van der Waals surface area contributed by atoms with E-state index in [0.717, 1.165) is 17.7 Å². The highest BCUT2D eigenvalue weighted by atomic mass is 16.5. The highest BCUT2D eigenvalue weighted by molar-refractivity contribution is 5.27. The Kier molecular flexibility index (Phi) is 5.45. The van der Waals surface area contributed by atoms with Gasteiger partial charge in [0, 0.05) is 6.04 Å². The molecule has 0 saturated heterocycles. The van der Waals surface area contributed by atoms with Crippen LogP contribution in [0.5, 0.6) is 5.75 Å². The van der Waals surface area contributed by atoms with Gasteiger partial charge in [0.1, 0.15) is 11.9 Å². The molecular formula is C14H23NO2. The molecule has 0 fully saturated rings. The van der Waals surface area contributed by atoms with Crippen LogP contribution in [0.25, 0.3) is 0 Å². The molecule has 3 nitrogen and oxygen atoms in total. The molecule has 2 atom stereocenters. The van der Waals surface area contributed by atoms with Gasteiger partial charge in [-0.25, -0.2) is 0 Å². The predicted molar refractivity (Wildman–Crippen MR) is 70.1 cm³/mol. The third kappa shape index (κ3) is 4.75. The van der Waals surface area contributed by atoms with E-state index in [4.69, 9.17) is 10.5 Å². The summed E-state index contributed by atoms with van der Waals surface area (Å²) in [5, 5.41) is 9.33. The maximum absolute atomic E-state index is 9.33. The van der Waals surface area contributed by atoms with Crippen LogP contribution >= 0.6 is 0 Å². The molecule has 17 heavy (non-hydrogen) atoms. The maximum atomic E-state index is 9.33. The van der Waals surface area contributed by atoms with Crippen molar-refractivity contribution in [3.63, 3.8) is 0 Å². The van der Waals surface area contributed by atoms with Crippen LogP contribution in [-0.2, 0) is 0 Å². The zero-order chi connectivity index (χ0) is 12.8. The number of nitrogens with two attached hydrogens (primary N) is 1. The zero-order valence-corrected chi connectivity index (χ0v) is 10.9. The quantitative estimate of drug-likeness (QED) is 0.796. The van der Waals surface area contributed by atoms with E-state index in [2.05, 4.69) is 13.8 Å². The van der Waals surface area contributed by atoms with Crippen LogP contribution in [0.4, 0.5) is 0 Å². The Morgan fingerprint density at radius 3 is 2.59 bits per heavy atom. The minimum atomic E-state index is -0.334. The summed E-state index contributed by atoms with van der Waals surface area (Å²) in [6, 6.07) is 7.64. The van der Waals surface area contributed by atoms with E-state index in [1.165, 1.54) is 0 Å². The second kappa shape index (κ2) is 6.62. The summed E-state index contributed by atoms with van der Waals surface area (Å²) < 4.78 is 5.73. The maximum Gasteiger partial charge on any atom is 0.137 e. The first kappa shape index (κ1) is 14.0. The topological polar surface area (TPSA) is 55.5 Å². The standard InChI is InChI=1S/C14H23NO2/c1-10(2)7-13(15)14(9-16)17-12-6-4-5-11(3)8-12/h4-6,8,10,13-14,16H,7,9,15H2,1-3H3. The Hall–Kier alpha value is -1.06. The van der Waals surface area contributed by atoms with E-state index >= 15 is 0 Å². The molecule has 0 bridgehead atoms. The van der Waals surface area contributed by atoms with Crippen LogP contribution < -0.4 is 10.5 Å². The van der Waals surface area contributed by atoms with Crippen LogP contribution in [0.15, 0.2) is 24.3 Å². The van der Waals surface area contributed by atoms with Crippen molar-refractivity contribution in [1.29, 1.82) is 0 Å². The van der Waals surface area contributed by atoms with E-state index < -0.39 is 0 Å². The molecule has 0 amide bonds. The van der Waals surface area contributed by atoms with Crippen LogP contribution in [0, 0.1) is 12.8 Å². The van der Waals surface area contributed by atoms with Gasteiger partial charge in [0.15, 0.2) is 0 Å². The Morgan fingerprint density at radius 2 is 2.06 bits per heavy atom. The van der Waals surface area contributed by atoms with Gasteiger partial charge in [-0.15, -0.1) is 0 Å². The third-order valence-electron chi connectivity index (χ3n) is 2.68. The van der Waals surface area contributed by atoms with Gasteiger partial charge in [-0.2, -0.15) is 0 Å². The molecule has 0 aliphatic heterocycles. The molecule has 0 saturated carbocycles. The molecule has 0 aliphatic carbocycles. The lowest BCUT2D eigenvalue weighted by molar-refractivity contribution is 0.0881. The number of aliphatic hydroxyl groups is 1. The summed E-state index contributed by atoms with van der Waals surface area (Å²) >= 11 is 0. The lowest BCUT2D eigenvalue weighted by atomic mass is 10.0. The Bertz CT molecular complexity index is 339. The zero-order valence-electron chi connectivity index (χ0n) is 10.9. The van der Waals surface area contributed by atoms with Gasteiger partial charge in [0.25, 0.3) is 0 Å². The van der Waals surface area contributed by atoms with Crippen LogP contribution in [0.1, 0.15) is 25.8 Å². The summed E-state index contributed by atoms with van der Waals surface area (Å²) in [7, 11) is 0. The third-order valence-corrected chi connectivity index (χ3v) is 2.68. The summed E-state index contributed by atoms with van der Waals surface area (Å²) in [6.45, 7) is 6.18. The van der Waals surface area contributed by atoms with E-state index in [1.807, 2.05) is 31.2 Å².